The van der Waals surface area contributed by atoms with Crippen molar-refractivity contribution in [2.45, 2.75) is 73.6 Å². The molecule has 6 nitrogen and oxygen atoms in total. The molecule has 1 aromatic carbocycles. The molecule has 3 aromatic rings. The predicted molar refractivity (Wildman–Crippen MR) is 171 cm³/mol. The van der Waals surface area contributed by atoms with Crippen LogP contribution in [0.5, 0.6) is 0 Å². The summed E-state index contributed by atoms with van der Waals surface area (Å²) in [6.45, 7) is 19.1. The first-order valence-corrected chi connectivity index (χ1v) is 15.1. The van der Waals surface area contributed by atoms with Crippen molar-refractivity contribution in [3.63, 3.8) is 0 Å². The molecule has 6 heteroatoms. The van der Waals surface area contributed by atoms with Gasteiger partial charge in [0, 0.05) is 81.7 Å². The summed E-state index contributed by atoms with van der Waals surface area (Å²) >= 11 is 0. The average Bonchev–Trinajstić information content (AvgIpc) is 3.50. The van der Waals surface area contributed by atoms with Crippen molar-refractivity contribution in [2.24, 2.45) is 5.92 Å². The molecule has 3 heterocycles. The number of carbonyl (C=O) groups excluding carboxylic acids is 1. The van der Waals surface area contributed by atoms with Gasteiger partial charge in [-0.25, -0.2) is 4.98 Å². The smallest absolute Gasteiger partial charge is 0.128 e. The minimum absolute atomic E-state index is 0.639. The molecule has 0 saturated carbocycles. The SMILES string of the molecule is CC.CCC=O.CCCCC(C)CC.CN(CCN1CCN(c2cccc3[nH]ccc23)CC1)c1ccccn1. The summed E-state index contributed by atoms with van der Waals surface area (Å²) < 4.78 is 0. The van der Waals surface area contributed by atoms with Crippen LogP contribution in [0.3, 0.4) is 0 Å². The molecule has 1 saturated heterocycles. The van der Waals surface area contributed by atoms with Crippen molar-refractivity contribution < 1.29 is 4.79 Å². The molecule has 1 N–H and O–H groups in total. The highest BCUT2D eigenvalue weighted by molar-refractivity contribution is 5.92. The number of aldehydes is 1. The number of unbranched alkanes of at least 4 members (excludes halogenated alkanes) is 1. The van der Waals surface area contributed by atoms with Gasteiger partial charge in [0.1, 0.15) is 12.1 Å². The molecule has 1 aliphatic heterocycles. The molecular weight excluding hydrogens is 482 g/mol. The number of nitrogens with one attached hydrogen (secondary N) is 1. The molecule has 1 aliphatic rings. The Labute approximate surface area is 238 Å². The maximum absolute atomic E-state index is 9.17. The molecule has 0 radical (unpaired) electrons. The maximum atomic E-state index is 9.17. The van der Waals surface area contributed by atoms with Crippen LogP contribution in [0, 0.1) is 5.92 Å². The highest BCUT2D eigenvalue weighted by atomic mass is 16.1. The number of benzene rings is 1. The lowest BCUT2D eigenvalue weighted by Crippen LogP contribution is -2.48. The number of piperazine rings is 1. The van der Waals surface area contributed by atoms with Crippen LogP contribution in [-0.2, 0) is 4.79 Å². The standard InChI is InChI=1S/C20H25N5.C8H18.C3H6O.C2H6/c1-23(20-7-2-3-9-22-20)11-12-24-13-15-25(16-14-24)19-6-4-5-18-17(19)8-10-21-18;1-4-6-7-8(3)5-2;1-2-3-4;1-2/h2-10,21H,11-16H2,1H3;8H,4-7H2,1-3H3;3H,2H2,1H3;1-2H3. The zero-order valence-corrected chi connectivity index (χ0v) is 25.8. The molecule has 4 rings (SSSR count). The van der Waals surface area contributed by atoms with Crippen LogP contribution in [0.4, 0.5) is 11.5 Å². The van der Waals surface area contributed by atoms with E-state index in [1.165, 1.54) is 42.3 Å². The van der Waals surface area contributed by atoms with E-state index in [2.05, 4.69) is 82.8 Å². The van der Waals surface area contributed by atoms with Crippen LogP contribution in [-0.4, -0.2) is 67.5 Å². The number of hydrogen-bond acceptors (Lipinski definition) is 5. The lowest BCUT2D eigenvalue weighted by Gasteiger charge is -2.37. The fourth-order valence-corrected chi connectivity index (χ4v) is 4.30. The van der Waals surface area contributed by atoms with E-state index >= 15 is 0 Å². The number of H-pyrrole nitrogens is 1. The summed E-state index contributed by atoms with van der Waals surface area (Å²) in [5.74, 6) is 2.00. The van der Waals surface area contributed by atoms with Crippen molar-refractivity contribution >= 4 is 28.7 Å². The number of anilines is 2. The molecule has 2 aromatic heterocycles. The third-order valence-corrected chi connectivity index (χ3v) is 6.99. The molecule has 1 unspecified atom stereocenters. The first kappa shape index (κ1) is 34.2. The van der Waals surface area contributed by atoms with Crippen molar-refractivity contribution in [3.05, 3.63) is 54.9 Å². The number of pyridine rings is 1. The van der Waals surface area contributed by atoms with E-state index in [-0.39, 0.29) is 0 Å². The molecule has 1 atom stereocenters. The minimum atomic E-state index is 0.639. The number of aromatic nitrogens is 2. The maximum Gasteiger partial charge on any atom is 0.128 e. The number of rotatable bonds is 10. The van der Waals surface area contributed by atoms with Crippen LogP contribution in [0.2, 0.25) is 0 Å². The molecule has 218 valence electrons. The van der Waals surface area contributed by atoms with Gasteiger partial charge >= 0.3 is 0 Å². The van der Waals surface area contributed by atoms with Crippen molar-refractivity contribution in [1.82, 2.24) is 14.9 Å². The number of nitrogens with zero attached hydrogens (tertiary/aromatic N) is 4. The van der Waals surface area contributed by atoms with Crippen molar-refractivity contribution in [3.8, 4) is 0 Å². The highest BCUT2D eigenvalue weighted by Gasteiger charge is 2.19. The Hall–Kier alpha value is -2.86. The highest BCUT2D eigenvalue weighted by Crippen LogP contribution is 2.26. The summed E-state index contributed by atoms with van der Waals surface area (Å²) in [4.78, 5) is 24.2. The van der Waals surface area contributed by atoms with Gasteiger partial charge in [-0.1, -0.05) is 79.4 Å². The number of carbonyl (C=O) groups is 1. The molecule has 0 bridgehead atoms. The largest absolute Gasteiger partial charge is 0.368 e. The number of hydrogen-bond donors (Lipinski definition) is 1. The summed E-state index contributed by atoms with van der Waals surface area (Å²) in [6.07, 6.45) is 10.9. The first-order chi connectivity index (χ1) is 19.0. The van der Waals surface area contributed by atoms with Gasteiger partial charge in [-0.3, -0.25) is 4.90 Å². The quantitative estimate of drug-likeness (QED) is 0.269. The lowest BCUT2D eigenvalue weighted by atomic mass is 10.0. The normalized spacial score (nSPS) is 13.7. The van der Waals surface area contributed by atoms with E-state index in [4.69, 9.17) is 0 Å². The van der Waals surface area contributed by atoms with Crippen LogP contribution >= 0.6 is 0 Å². The van der Waals surface area contributed by atoms with Gasteiger partial charge in [0.2, 0.25) is 0 Å². The third-order valence-electron chi connectivity index (χ3n) is 6.99. The van der Waals surface area contributed by atoms with Crippen LogP contribution in [0.15, 0.2) is 54.9 Å². The van der Waals surface area contributed by atoms with E-state index in [9.17, 15) is 4.79 Å². The Morgan fingerprint density at radius 2 is 1.74 bits per heavy atom. The zero-order chi connectivity index (χ0) is 28.9. The van der Waals surface area contributed by atoms with Gasteiger partial charge in [0.15, 0.2) is 0 Å². The van der Waals surface area contributed by atoms with Gasteiger partial charge in [-0.05, 0) is 36.2 Å². The Morgan fingerprint density at radius 3 is 2.33 bits per heavy atom. The van der Waals surface area contributed by atoms with Gasteiger partial charge in [0.25, 0.3) is 0 Å². The zero-order valence-electron chi connectivity index (χ0n) is 25.8. The van der Waals surface area contributed by atoms with Crippen LogP contribution < -0.4 is 9.80 Å². The summed E-state index contributed by atoms with van der Waals surface area (Å²) in [7, 11) is 2.12. The Morgan fingerprint density at radius 1 is 1.03 bits per heavy atom. The Kier molecular flexibility index (Phi) is 18.4. The molecule has 0 aliphatic carbocycles. The second-order valence-corrected chi connectivity index (χ2v) is 9.88. The summed E-state index contributed by atoms with van der Waals surface area (Å²) in [6, 6.07) is 14.8. The number of likely N-dealkylation sites (N-methyl/N-ethyl adjacent to an activating group) is 1. The molecular formula is C33H55N5O. The Bertz CT molecular complexity index is 982. The van der Waals surface area contributed by atoms with Crippen molar-refractivity contribution in [2.75, 3.05) is 56.1 Å². The van der Waals surface area contributed by atoms with E-state index in [1.807, 2.05) is 45.3 Å². The van der Waals surface area contributed by atoms with Crippen molar-refractivity contribution in [1.29, 1.82) is 0 Å². The third kappa shape index (κ3) is 12.7. The van der Waals surface area contributed by atoms with Crippen LogP contribution in [0.1, 0.15) is 73.6 Å². The molecule has 0 amide bonds. The summed E-state index contributed by atoms with van der Waals surface area (Å²) in [5, 5.41) is 1.32. The second kappa shape index (κ2) is 21.0. The van der Waals surface area contributed by atoms with Gasteiger partial charge in [0.05, 0.1) is 0 Å². The fraction of sp³-hybridized carbons (Fsp3) is 0.576. The average molecular weight is 538 g/mol. The molecule has 39 heavy (non-hydrogen) atoms. The Balaban J connectivity index is 0.000000456. The van der Waals surface area contributed by atoms with E-state index in [0.29, 0.717) is 6.42 Å². The monoisotopic (exact) mass is 537 g/mol. The van der Waals surface area contributed by atoms with E-state index in [0.717, 1.165) is 57.3 Å². The van der Waals surface area contributed by atoms with Gasteiger partial charge in [-0.2, -0.15) is 0 Å². The lowest BCUT2D eigenvalue weighted by molar-refractivity contribution is -0.107. The second-order valence-electron chi connectivity index (χ2n) is 9.88. The molecule has 1 fully saturated rings. The number of aromatic amines is 1. The van der Waals surface area contributed by atoms with E-state index < -0.39 is 0 Å². The van der Waals surface area contributed by atoms with Gasteiger partial charge < -0.3 is 19.6 Å². The number of fused-ring (bicyclic) bond motifs is 1. The molecule has 0 spiro atoms. The topological polar surface area (TPSA) is 55.5 Å². The fourth-order valence-electron chi connectivity index (χ4n) is 4.30. The van der Waals surface area contributed by atoms with E-state index in [1.54, 1.807) is 0 Å². The predicted octanol–water partition coefficient (Wildman–Crippen LogP) is 7.67. The summed E-state index contributed by atoms with van der Waals surface area (Å²) in [5.41, 5.74) is 2.57. The van der Waals surface area contributed by atoms with Gasteiger partial charge in [-0.15, -0.1) is 0 Å². The first-order valence-electron chi connectivity index (χ1n) is 15.1. The van der Waals surface area contributed by atoms with Crippen LogP contribution in [0.25, 0.3) is 10.9 Å². The minimum Gasteiger partial charge on any atom is -0.368 e.